The van der Waals surface area contributed by atoms with Gasteiger partial charge < -0.3 is 5.73 Å². The van der Waals surface area contributed by atoms with Crippen LogP contribution in [0, 0.1) is 32.8 Å². The number of Topliss-reactive ketones (excluding diaryl/α,β-unsaturated/α-hetero) is 1. The van der Waals surface area contributed by atoms with Crippen LogP contribution in [0.25, 0.3) is 0 Å². The van der Waals surface area contributed by atoms with Crippen molar-refractivity contribution in [2.45, 2.75) is 57.3 Å². The summed E-state index contributed by atoms with van der Waals surface area (Å²) >= 11 is 1.54. The summed E-state index contributed by atoms with van der Waals surface area (Å²) in [5.74, 6) is -0.531. The molecule has 2 N–H and O–H groups in total. The molecule has 9 heteroatoms. The average Bonchev–Trinajstić information content (AvgIpc) is 3.03. The molecule has 0 unspecified atom stereocenters. The normalized spacial score (nSPS) is 20.0. The molecular formula is C26H23N5O3S. The largest absolute Gasteiger partial charge is 0.384 e. The molecule has 0 bridgehead atoms. The molecule has 1 aromatic heterocycles. The number of rotatable bonds is 3. The Morgan fingerprint density at radius 3 is 2.46 bits per heavy atom. The number of carbonyl (C=O) groups excluding carboxylic acids is 1. The van der Waals surface area contributed by atoms with Gasteiger partial charge in [0.05, 0.1) is 28.0 Å². The zero-order chi connectivity index (χ0) is 24.7. The summed E-state index contributed by atoms with van der Waals surface area (Å²) in [4.78, 5) is 26.9. The number of carbonyl (C=O) groups is 1. The minimum absolute atomic E-state index is 0.0588. The maximum atomic E-state index is 13.3. The van der Waals surface area contributed by atoms with Gasteiger partial charge in [-0.25, -0.2) is 0 Å². The van der Waals surface area contributed by atoms with E-state index < -0.39 is 10.8 Å². The Morgan fingerprint density at radius 1 is 1.03 bits per heavy atom. The fraction of sp³-hybridized carbons (Fsp3) is 0.346. The van der Waals surface area contributed by atoms with Gasteiger partial charge in [-0.2, -0.15) is 10.5 Å². The Morgan fingerprint density at radius 2 is 1.77 bits per heavy atom. The molecule has 3 aliphatic rings. The SMILES string of the molecule is N#CC1=C(N)N(c2sc3c(c2C#N)CCCCC3)C2=C(C(=O)CCC2)[C@H]1c1ccc([N+](=O)[O-])cc1. The number of non-ortho nitro benzene ring substituents is 1. The summed E-state index contributed by atoms with van der Waals surface area (Å²) in [5, 5.41) is 32.1. The van der Waals surface area contributed by atoms with Crippen molar-refractivity contribution >= 4 is 27.8 Å². The second-order valence-electron chi connectivity index (χ2n) is 9.02. The van der Waals surface area contributed by atoms with E-state index in [-0.39, 0.29) is 22.9 Å². The summed E-state index contributed by atoms with van der Waals surface area (Å²) in [6.07, 6.45) is 6.59. The number of nitro groups is 1. The topological polar surface area (TPSA) is 137 Å². The second-order valence-corrected chi connectivity index (χ2v) is 10.1. The molecule has 0 saturated heterocycles. The van der Waals surface area contributed by atoms with Crippen molar-refractivity contribution < 1.29 is 9.72 Å². The van der Waals surface area contributed by atoms with Gasteiger partial charge in [0.2, 0.25) is 0 Å². The zero-order valence-corrected chi connectivity index (χ0v) is 19.9. The summed E-state index contributed by atoms with van der Waals surface area (Å²) in [5.41, 5.74) is 10.3. The van der Waals surface area contributed by atoms with E-state index in [0.29, 0.717) is 41.0 Å². The van der Waals surface area contributed by atoms with Gasteiger partial charge in [-0.15, -0.1) is 11.3 Å². The Bertz CT molecular complexity index is 1390. The number of hydrogen-bond donors (Lipinski definition) is 1. The highest BCUT2D eigenvalue weighted by Gasteiger charge is 2.42. The number of fused-ring (bicyclic) bond motifs is 1. The van der Waals surface area contributed by atoms with E-state index in [1.165, 1.54) is 17.0 Å². The number of nitro benzene ring substituents is 1. The van der Waals surface area contributed by atoms with Crippen LogP contribution < -0.4 is 10.6 Å². The number of ketones is 1. The molecule has 1 aliphatic heterocycles. The van der Waals surface area contributed by atoms with E-state index in [4.69, 9.17) is 5.73 Å². The number of hydrogen-bond acceptors (Lipinski definition) is 8. The van der Waals surface area contributed by atoms with E-state index in [2.05, 4.69) is 12.1 Å². The van der Waals surface area contributed by atoms with Crippen molar-refractivity contribution in [3.05, 3.63) is 78.6 Å². The Kier molecular flexibility index (Phi) is 5.88. The molecule has 0 spiro atoms. The first kappa shape index (κ1) is 22.8. The van der Waals surface area contributed by atoms with Crippen LogP contribution in [-0.2, 0) is 17.6 Å². The predicted octanol–water partition coefficient (Wildman–Crippen LogP) is 5.10. The highest BCUT2D eigenvalue weighted by Crippen LogP contribution is 2.50. The summed E-state index contributed by atoms with van der Waals surface area (Å²) < 4.78 is 0. The lowest BCUT2D eigenvalue weighted by atomic mass is 9.75. The van der Waals surface area contributed by atoms with Gasteiger partial charge in [0.25, 0.3) is 5.69 Å². The minimum Gasteiger partial charge on any atom is -0.384 e. The van der Waals surface area contributed by atoms with Crippen LogP contribution in [0.1, 0.15) is 66.0 Å². The smallest absolute Gasteiger partial charge is 0.269 e. The fourth-order valence-electron chi connectivity index (χ4n) is 5.44. The van der Waals surface area contributed by atoms with Crippen molar-refractivity contribution in [3.63, 3.8) is 0 Å². The number of allylic oxidation sites excluding steroid dienone is 3. The Labute approximate surface area is 206 Å². The maximum Gasteiger partial charge on any atom is 0.269 e. The molecule has 0 fully saturated rings. The highest BCUT2D eigenvalue weighted by atomic mass is 32.1. The molecule has 0 saturated carbocycles. The van der Waals surface area contributed by atoms with Gasteiger partial charge >= 0.3 is 0 Å². The van der Waals surface area contributed by atoms with Crippen LogP contribution in [0.15, 0.2) is 46.9 Å². The molecular weight excluding hydrogens is 462 g/mol. The first-order chi connectivity index (χ1) is 17.0. The molecule has 0 radical (unpaired) electrons. The number of nitrogens with two attached hydrogens (primary N) is 1. The zero-order valence-electron chi connectivity index (χ0n) is 19.0. The van der Waals surface area contributed by atoms with Crippen LogP contribution >= 0.6 is 11.3 Å². The minimum atomic E-state index is -0.692. The van der Waals surface area contributed by atoms with Gasteiger partial charge in [-0.05, 0) is 49.7 Å². The summed E-state index contributed by atoms with van der Waals surface area (Å²) in [7, 11) is 0. The molecule has 0 amide bonds. The molecule has 1 atom stereocenters. The van der Waals surface area contributed by atoms with Crippen LogP contribution in [-0.4, -0.2) is 10.7 Å². The van der Waals surface area contributed by atoms with E-state index in [9.17, 15) is 25.4 Å². The molecule has 1 aromatic carbocycles. The third kappa shape index (κ3) is 3.69. The Balaban J connectivity index is 1.72. The van der Waals surface area contributed by atoms with Crippen LogP contribution in [0.5, 0.6) is 0 Å². The van der Waals surface area contributed by atoms with Crippen molar-refractivity contribution in [3.8, 4) is 12.1 Å². The van der Waals surface area contributed by atoms with E-state index >= 15 is 0 Å². The highest BCUT2D eigenvalue weighted by molar-refractivity contribution is 7.16. The quantitative estimate of drug-likeness (QED) is 0.362. The first-order valence-corrected chi connectivity index (χ1v) is 12.5. The summed E-state index contributed by atoms with van der Waals surface area (Å²) in [6, 6.07) is 10.5. The monoisotopic (exact) mass is 485 g/mol. The molecule has 2 aliphatic carbocycles. The fourth-order valence-corrected chi connectivity index (χ4v) is 6.82. The average molecular weight is 486 g/mol. The number of nitrogens with zero attached hydrogens (tertiary/aromatic N) is 4. The molecule has 176 valence electrons. The standard InChI is InChI=1S/C26H23N5O3S/c27-13-18-17-5-2-1-3-8-22(17)35-26(18)30-20-6-4-7-21(32)24(20)23(19(14-28)25(30)29)15-9-11-16(12-10-15)31(33)34/h9-12,23H,1-8,29H2/t23-/m0/s1. The van der Waals surface area contributed by atoms with E-state index in [1.54, 1.807) is 28.4 Å². The molecule has 2 heterocycles. The predicted molar refractivity (Wildman–Crippen MR) is 131 cm³/mol. The molecule has 5 rings (SSSR count). The van der Waals surface area contributed by atoms with Crippen molar-refractivity contribution in [1.29, 1.82) is 10.5 Å². The maximum absolute atomic E-state index is 13.3. The number of nitriles is 2. The summed E-state index contributed by atoms with van der Waals surface area (Å²) in [6.45, 7) is 0. The third-order valence-electron chi connectivity index (χ3n) is 7.07. The van der Waals surface area contributed by atoms with Gasteiger partial charge in [0, 0.05) is 34.7 Å². The number of aryl methyl sites for hydroxylation is 1. The van der Waals surface area contributed by atoms with Crippen molar-refractivity contribution in [2.75, 3.05) is 4.90 Å². The Hall–Kier alpha value is -3.95. The number of benzene rings is 1. The first-order valence-electron chi connectivity index (χ1n) is 11.7. The van der Waals surface area contributed by atoms with Gasteiger partial charge in [-0.1, -0.05) is 18.6 Å². The van der Waals surface area contributed by atoms with Crippen molar-refractivity contribution in [1.82, 2.24) is 0 Å². The van der Waals surface area contributed by atoms with E-state index in [0.717, 1.165) is 43.4 Å². The third-order valence-corrected chi connectivity index (χ3v) is 8.35. The lowest BCUT2D eigenvalue weighted by Gasteiger charge is -2.39. The van der Waals surface area contributed by atoms with Crippen LogP contribution in [0.3, 0.4) is 0 Å². The van der Waals surface area contributed by atoms with Crippen LogP contribution in [0.2, 0.25) is 0 Å². The number of thiophene rings is 1. The molecule has 2 aromatic rings. The van der Waals surface area contributed by atoms with Gasteiger partial charge in [0.1, 0.15) is 16.9 Å². The van der Waals surface area contributed by atoms with Gasteiger partial charge in [0.15, 0.2) is 5.78 Å². The lowest BCUT2D eigenvalue weighted by Crippen LogP contribution is -2.38. The van der Waals surface area contributed by atoms with E-state index in [1.807, 2.05) is 0 Å². The molecule has 35 heavy (non-hydrogen) atoms. The molecule has 8 nitrogen and oxygen atoms in total. The number of anilines is 1. The van der Waals surface area contributed by atoms with Crippen LogP contribution in [0.4, 0.5) is 10.7 Å². The van der Waals surface area contributed by atoms with Gasteiger partial charge in [-0.3, -0.25) is 19.8 Å². The second kappa shape index (κ2) is 9.01. The van der Waals surface area contributed by atoms with Crippen molar-refractivity contribution in [2.24, 2.45) is 5.73 Å². The lowest BCUT2D eigenvalue weighted by molar-refractivity contribution is -0.384.